The lowest BCUT2D eigenvalue weighted by molar-refractivity contribution is -0.121. The number of amides is 1. The van der Waals surface area contributed by atoms with Gasteiger partial charge in [-0.3, -0.25) is 14.7 Å². The van der Waals surface area contributed by atoms with Crippen LogP contribution in [-0.2, 0) is 11.2 Å². The Balaban J connectivity index is 1.67. The molecule has 0 fully saturated rings. The lowest BCUT2D eigenvalue weighted by atomic mass is 10.1. The van der Waals surface area contributed by atoms with Gasteiger partial charge in [-0.05, 0) is 25.8 Å². The van der Waals surface area contributed by atoms with Gasteiger partial charge in [-0.2, -0.15) is 4.52 Å². The van der Waals surface area contributed by atoms with Gasteiger partial charge in [-0.25, -0.2) is 9.97 Å². The molecule has 0 aliphatic rings. The third-order valence-corrected chi connectivity index (χ3v) is 4.01. The molecule has 3 aromatic rings. The van der Waals surface area contributed by atoms with Crippen LogP contribution in [0.5, 0.6) is 0 Å². The number of hydrogen-bond donors (Lipinski definition) is 2. The van der Waals surface area contributed by atoms with Crippen LogP contribution in [0.1, 0.15) is 36.2 Å². The molecule has 2 aromatic heterocycles. The van der Waals surface area contributed by atoms with Gasteiger partial charge in [0.1, 0.15) is 6.33 Å². The molecule has 1 atom stereocenters. The molecule has 0 radical (unpaired) electrons. The van der Waals surface area contributed by atoms with Crippen LogP contribution in [0, 0.1) is 6.92 Å². The van der Waals surface area contributed by atoms with Crippen molar-refractivity contribution in [3.05, 3.63) is 63.8 Å². The summed E-state index contributed by atoms with van der Waals surface area (Å²) in [4.78, 5) is 32.8. The van der Waals surface area contributed by atoms with E-state index in [1.165, 1.54) is 10.8 Å². The summed E-state index contributed by atoms with van der Waals surface area (Å²) >= 11 is 0. The van der Waals surface area contributed by atoms with Crippen molar-refractivity contribution in [3.8, 4) is 0 Å². The van der Waals surface area contributed by atoms with Crippen LogP contribution in [0.4, 0.5) is 0 Å². The van der Waals surface area contributed by atoms with Crippen LogP contribution >= 0.6 is 0 Å². The Labute approximate surface area is 138 Å². The van der Waals surface area contributed by atoms with Crippen molar-refractivity contribution < 1.29 is 4.79 Å². The van der Waals surface area contributed by atoms with E-state index < -0.39 is 0 Å². The average molecular weight is 325 g/mol. The predicted molar refractivity (Wildman–Crippen MR) is 89.7 cm³/mol. The van der Waals surface area contributed by atoms with Crippen molar-refractivity contribution in [2.24, 2.45) is 0 Å². The van der Waals surface area contributed by atoms with Gasteiger partial charge in [0, 0.05) is 12.0 Å². The van der Waals surface area contributed by atoms with Gasteiger partial charge in [0.15, 0.2) is 0 Å². The Morgan fingerprint density at radius 3 is 2.83 bits per heavy atom. The maximum Gasteiger partial charge on any atom is 0.277 e. The molecule has 0 spiro atoms. The number of aromatic nitrogens is 4. The lowest BCUT2D eigenvalue weighted by Crippen LogP contribution is -2.28. The van der Waals surface area contributed by atoms with Gasteiger partial charge < -0.3 is 5.32 Å². The first kappa shape index (κ1) is 15.9. The van der Waals surface area contributed by atoms with Gasteiger partial charge in [0.2, 0.25) is 5.91 Å². The molecule has 7 heteroatoms. The van der Waals surface area contributed by atoms with Crippen molar-refractivity contribution in [1.82, 2.24) is 24.9 Å². The summed E-state index contributed by atoms with van der Waals surface area (Å²) in [6.07, 6.45) is 1.99. The van der Waals surface area contributed by atoms with Crippen LogP contribution < -0.4 is 10.9 Å². The number of carbonyl (C=O) groups is 1. The van der Waals surface area contributed by atoms with Crippen molar-refractivity contribution >= 4 is 11.7 Å². The molecule has 24 heavy (non-hydrogen) atoms. The van der Waals surface area contributed by atoms with Crippen LogP contribution in [0.25, 0.3) is 5.78 Å². The predicted octanol–water partition coefficient (Wildman–Crippen LogP) is 1.54. The minimum absolute atomic E-state index is 0.0749. The standard InChI is InChI=1S/C17H19N5O2/c1-11(13-6-4-3-5-7-13)20-15(23)9-8-14-12(2)21-17-18-10-19-22(17)16(14)24/h3-7,10-11H,8-9H2,1-2H3,(H,20,23)(H,18,19,21)/t11-/m1/s1. The van der Waals surface area contributed by atoms with Crippen LogP contribution in [0.3, 0.4) is 0 Å². The summed E-state index contributed by atoms with van der Waals surface area (Å²) in [6, 6.07) is 9.68. The second-order valence-corrected chi connectivity index (χ2v) is 5.70. The number of nitrogens with zero attached hydrogens (tertiary/aromatic N) is 3. The number of hydrogen-bond acceptors (Lipinski definition) is 4. The number of fused-ring (bicyclic) bond motifs is 1. The highest BCUT2D eigenvalue weighted by atomic mass is 16.1. The molecule has 3 rings (SSSR count). The summed E-state index contributed by atoms with van der Waals surface area (Å²) < 4.78 is 1.28. The Kier molecular flexibility index (Phi) is 4.41. The van der Waals surface area contributed by atoms with E-state index in [0.29, 0.717) is 23.5 Å². The quantitative estimate of drug-likeness (QED) is 0.744. The molecule has 2 N–H and O–H groups in total. The average Bonchev–Trinajstić information content (AvgIpc) is 3.04. The molecular weight excluding hydrogens is 306 g/mol. The fourth-order valence-corrected chi connectivity index (χ4v) is 2.66. The van der Waals surface area contributed by atoms with Crippen molar-refractivity contribution in [3.63, 3.8) is 0 Å². The summed E-state index contributed by atoms with van der Waals surface area (Å²) in [7, 11) is 0. The summed E-state index contributed by atoms with van der Waals surface area (Å²) in [5.74, 6) is 0.239. The lowest BCUT2D eigenvalue weighted by Gasteiger charge is -2.14. The van der Waals surface area contributed by atoms with E-state index in [1.54, 1.807) is 6.92 Å². The van der Waals surface area contributed by atoms with E-state index >= 15 is 0 Å². The van der Waals surface area contributed by atoms with Gasteiger partial charge >= 0.3 is 0 Å². The summed E-state index contributed by atoms with van der Waals surface area (Å²) in [5.41, 5.74) is 1.97. The van der Waals surface area contributed by atoms with Crippen LogP contribution in [-0.4, -0.2) is 25.5 Å². The summed E-state index contributed by atoms with van der Waals surface area (Å²) in [5, 5.41) is 5.68. The number of aromatic amines is 1. The molecule has 0 aliphatic carbocycles. The summed E-state index contributed by atoms with van der Waals surface area (Å²) in [6.45, 7) is 3.70. The molecule has 7 nitrogen and oxygen atoms in total. The SMILES string of the molecule is Cc1nc2nc[nH]n2c(=O)c1CCC(=O)N[C@H](C)c1ccccc1. The highest BCUT2D eigenvalue weighted by molar-refractivity contribution is 5.76. The molecule has 0 bridgehead atoms. The first-order valence-corrected chi connectivity index (χ1v) is 7.82. The highest BCUT2D eigenvalue weighted by Crippen LogP contribution is 2.12. The number of nitrogens with one attached hydrogen (secondary N) is 2. The molecule has 0 saturated carbocycles. The zero-order valence-corrected chi connectivity index (χ0v) is 13.6. The number of H-pyrrole nitrogens is 1. The minimum Gasteiger partial charge on any atom is -0.350 e. The highest BCUT2D eigenvalue weighted by Gasteiger charge is 2.14. The Hall–Kier alpha value is -2.96. The smallest absolute Gasteiger partial charge is 0.277 e. The van der Waals surface area contributed by atoms with Gasteiger partial charge in [-0.1, -0.05) is 30.3 Å². The number of carbonyl (C=O) groups excluding carboxylic acids is 1. The van der Waals surface area contributed by atoms with Crippen molar-refractivity contribution in [1.29, 1.82) is 0 Å². The fraction of sp³-hybridized carbons (Fsp3) is 0.294. The first-order valence-electron chi connectivity index (χ1n) is 7.82. The van der Waals surface area contributed by atoms with Crippen LogP contribution in [0.15, 0.2) is 41.5 Å². The molecule has 1 amide bonds. The number of rotatable bonds is 5. The fourth-order valence-electron chi connectivity index (χ4n) is 2.66. The largest absolute Gasteiger partial charge is 0.350 e. The monoisotopic (exact) mass is 325 g/mol. The maximum absolute atomic E-state index is 12.4. The molecule has 1 aromatic carbocycles. The molecule has 0 unspecified atom stereocenters. The Morgan fingerprint density at radius 2 is 2.08 bits per heavy atom. The van der Waals surface area contributed by atoms with E-state index in [-0.39, 0.29) is 23.9 Å². The number of benzene rings is 1. The molecule has 0 aliphatic heterocycles. The van der Waals surface area contributed by atoms with E-state index in [0.717, 1.165) is 5.56 Å². The van der Waals surface area contributed by atoms with Crippen LogP contribution in [0.2, 0.25) is 0 Å². The maximum atomic E-state index is 12.4. The second kappa shape index (κ2) is 6.66. The van der Waals surface area contributed by atoms with Gasteiger partial charge in [0.05, 0.1) is 11.7 Å². The first-order chi connectivity index (χ1) is 11.6. The van der Waals surface area contributed by atoms with Gasteiger partial charge in [0.25, 0.3) is 11.3 Å². The molecule has 2 heterocycles. The van der Waals surface area contributed by atoms with E-state index in [4.69, 9.17) is 0 Å². The normalized spacial score (nSPS) is 12.2. The molecular formula is C17H19N5O2. The topological polar surface area (TPSA) is 92.2 Å². The van der Waals surface area contributed by atoms with E-state index in [1.807, 2.05) is 37.3 Å². The zero-order chi connectivity index (χ0) is 17.1. The molecule has 124 valence electrons. The zero-order valence-electron chi connectivity index (χ0n) is 13.6. The number of aryl methyl sites for hydroxylation is 1. The Bertz CT molecular complexity index is 914. The third kappa shape index (κ3) is 3.19. The molecule has 0 saturated heterocycles. The van der Waals surface area contributed by atoms with Crippen molar-refractivity contribution in [2.45, 2.75) is 32.7 Å². The van der Waals surface area contributed by atoms with Crippen molar-refractivity contribution in [2.75, 3.05) is 0 Å². The van der Waals surface area contributed by atoms with E-state index in [9.17, 15) is 9.59 Å². The van der Waals surface area contributed by atoms with Gasteiger partial charge in [-0.15, -0.1) is 0 Å². The van der Waals surface area contributed by atoms with E-state index in [2.05, 4.69) is 20.4 Å². The Morgan fingerprint density at radius 1 is 1.33 bits per heavy atom. The minimum atomic E-state index is -0.209. The second-order valence-electron chi connectivity index (χ2n) is 5.70. The third-order valence-electron chi connectivity index (χ3n) is 4.01.